The number of ether oxygens (including phenoxy) is 1. The molecule has 0 N–H and O–H groups in total. The maximum Gasteiger partial charge on any atom is 0.144 e. The third kappa shape index (κ3) is 2.94. The minimum atomic E-state index is 0.223. The minimum Gasteiger partial charge on any atom is -0.480 e. The molecule has 0 spiro atoms. The summed E-state index contributed by atoms with van der Waals surface area (Å²) in [5, 5.41) is 0. The highest BCUT2D eigenvalue weighted by atomic mass is 32.2. The van der Waals surface area contributed by atoms with Crippen molar-refractivity contribution in [2.24, 2.45) is 0 Å². The fourth-order valence-electron chi connectivity index (χ4n) is 1.83. The topological polar surface area (TPSA) is 9.23 Å². The SMILES string of the molecule is CC(C)(C)c1ccc(OC2CCCS2)cc1. The zero-order chi connectivity index (χ0) is 11.6. The van der Waals surface area contributed by atoms with Gasteiger partial charge in [0.2, 0.25) is 0 Å². The van der Waals surface area contributed by atoms with Crippen molar-refractivity contribution >= 4 is 11.8 Å². The number of thioether (sulfide) groups is 1. The van der Waals surface area contributed by atoms with Gasteiger partial charge in [0.25, 0.3) is 0 Å². The lowest BCUT2D eigenvalue weighted by Crippen LogP contribution is -2.11. The van der Waals surface area contributed by atoms with Gasteiger partial charge in [-0.15, -0.1) is 11.8 Å². The molecule has 1 aliphatic rings. The third-order valence-corrected chi connectivity index (χ3v) is 4.10. The lowest BCUT2D eigenvalue weighted by Gasteiger charge is -2.19. The second-order valence-electron chi connectivity index (χ2n) is 5.33. The molecule has 1 fully saturated rings. The first kappa shape index (κ1) is 11.8. The molecular formula is C14H20OS. The average Bonchev–Trinajstić information content (AvgIpc) is 2.70. The van der Waals surface area contributed by atoms with E-state index in [2.05, 4.69) is 45.0 Å². The molecule has 0 saturated carbocycles. The van der Waals surface area contributed by atoms with Crippen LogP contribution in [0.25, 0.3) is 0 Å². The van der Waals surface area contributed by atoms with E-state index in [9.17, 15) is 0 Å². The lowest BCUT2D eigenvalue weighted by atomic mass is 9.87. The van der Waals surface area contributed by atoms with E-state index in [1.807, 2.05) is 11.8 Å². The van der Waals surface area contributed by atoms with E-state index in [1.165, 1.54) is 24.2 Å². The summed E-state index contributed by atoms with van der Waals surface area (Å²) in [6.07, 6.45) is 2.47. The van der Waals surface area contributed by atoms with Crippen LogP contribution in [-0.4, -0.2) is 11.2 Å². The highest BCUT2D eigenvalue weighted by molar-refractivity contribution is 8.00. The van der Waals surface area contributed by atoms with Crippen molar-refractivity contribution in [3.05, 3.63) is 29.8 Å². The molecule has 1 aromatic rings. The Bertz CT molecular complexity index is 331. The van der Waals surface area contributed by atoms with Crippen molar-refractivity contribution in [3.8, 4) is 5.75 Å². The van der Waals surface area contributed by atoms with E-state index in [0.717, 1.165) is 5.75 Å². The Morgan fingerprint density at radius 2 is 1.88 bits per heavy atom. The van der Waals surface area contributed by atoms with Crippen molar-refractivity contribution in [1.29, 1.82) is 0 Å². The number of rotatable bonds is 2. The van der Waals surface area contributed by atoms with Gasteiger partial charge in [0, 0.05) is 0 Å². The quantitative estimate of drug-likeness (QED) is 0.760. The van der Waals surface area contributed by atoms with Gasteiger partial charge in [0.05, 0.1) is 0 Å². The molecule has 2 rings (SSSR count). The smallest absolute Gasteiger partial charge is 0.144 e. The zero-order valence-corrected chi connectivity index (χ0v) is 11.1. The first-order chi connectivity index (χ1) is 7.55. The van der Waals surface area contributed by atoms with E-state index >= 15 is 0 Å². The molecule has 16 heavy (non-hydrogen) atoms. The minimum absolute atomic E-state index is 0.223. The van der Waals surface area contributed by atoms with Crippen LogP contribution in [0.5, 0.6) is 5.75 Å². The standard InChI is InChI=1S/C14H20OS/c1-14(2,3)11-6-8-12(9-7-11)15-13-5-4-10-16-13/h6-9,13H,4-5,10H2,1-3H3. The van der Waals surface area contributed by atoms with E-state index in [4.69, 9.17) is 4.74 Å². The van der Waals surface area contributed by atoms with Crippen molar-refractivity contribution in [2.45, 2.75) is 44.5 Å². The van der Waals surface area contributed by atoms with Crippen LogP contribution in [-0.2, 0) is 5.41 Å². The molecule has 1 atom stereocenters. The highest BCUT2D eigenvalue weighted by Crippen LogP contribution is 2.30. The summed E-state index contributed by atoms with van der Waals surface area (Å²) in [6, 6.07) is 8.54. The fraction of sp³-hybridized carbons (Fsp3) is 0.571. The molecule has 1 nitrogen and oxygen atoms in total. The number of benzene rings is 1. The summed E-state index contributed by atoms with van der Waals surface area (Å²) in [7, 11) is 0. The normalized spacial score (nSPS) is 21.1. The maximum atomic E-state index is 5.91. The summed E-state index contributed by atoms with van der Waals surface area (Å²) in [6.45, 7) is 6.70. The van der Waals surface area contributed by atoms with Crippen molar-refractivity contribution in [1.82, 2.24) is 0 Å². The van der Waals surface area contributed by atoms with Crippen molar-refractivity contribution in [2.75, 3.05) is 5.75 Å². The summed E-state index contributed by atoms with van der Waals surface area (Å²) in [5.41, 5.74) is 1.96. The van der Waals surface area contributed by atoms with Crippen LogP contribution < -0.4 is 4.74 Å². The molecule has 1 heterocycles. The molecule has 0 amide bonds. The predicted octanol–water partition coefficient (Wildman–Crippen LogP) is 4.22. The van der Waals surface area contributed by atoms with Gasteiger partial charge >= 0.3 is 0 Å². The maximum absolute atomic E-state index is 5.91. The second kappa shape index (κ2) is 4.70. The highest BCUT2D eigenvalue weighted by Gasteiger charge is 2.17. The van der Waals surface area contributed by atoms with Crippen LogP contribution in [0.15, 0.2) is 24.3 Å². The summed E-state index contributed by atoms with van der Waals surface area (Å²) < 4.78 is 5.91. The Hall–Kier alpha value is -0.630. The first-order valence-corrected chi connectivity index (χ1v) is 6.99. The number of hydrogen-bond acceptors (Lipinski definition) is 2. The third-order valence-electron chi connectivity index (χ3n) is 2.88. The molecule has 0 aromatic heterocycles. The molecule has 0 bridgehead atoms. The Balaban J connectivity index is 2.01. The summed E-state index contributed by atoms with van der Waals surface area (Å²) >= 11 is 1.92. The zero-order valence-electron chi connectivity index (χ0n) is 10.3. The van der Waals surface area contributed by atoms with Gasteiger partial charge in [-0.25, -0.2) is 0 Å². The Morgan fingerprint density at radius 1 is 1.19 bits per heavy atom. The number of hydrogen-bond donors (Lipinski definition) is 0. The molecule has 0 aliphatic carbocycles. The van der Waals surface area contributed by atoms with Crippen molar-refractivity contribution < 1.29 is 4.74 Å². The Labute approximate surface area is 103 Å². The van der Waals surface area contributed by atoms with Gasteiger partial charge in [-0.05, 0) is 41.7 Å². The van der Waals surface area contributed by atoms with Gasteiger partial charge in [0.1, 0.15) is 11.2 Å². The van der Waals surface area contributed by atoms with Crippen LogP contribution in [0.2, 0.25) is 0 Å². The predicted molar refractivity (Wildman–Crippen MR) is 71.3 cm³/mol. The second-order valence-corrected chi connectivity index (χ2v) is 6.60. The fourth-order valence-corrected chi connectivity index (χ4v) is 2.94. The van der Waals surface area contributed by atoms with Crippen LogP contribution in [0.4, 0.5) is 0 Å². The summed E-state index contributed by atoms with van der Waals surface area (Å²) in [4.78, 5) is 0. The van der Waals surface area contributed by atoms with Crippen LogP contribution >= 0.6 is 11.8 Å². The summed E-state index contributed by atoms with van der Waals surface area (Å²) in [5.74, 6) is 2.25. The van der Waals surface area contributed by atoms with Gasteiger partial charge < -0.3 is 4.74 Å². The van der Waals surface area contributed by atoms with Crippen LogP contribution in [0, 0.1) is 0 Å². The largest absolute Gasteiger partial charge is 0.480 e. The van der Waals surface area contributed by atoms with Gasteiger partial charge in [-0.2, -0.15) is 0 Å². The van der Waals surface area contributed by atoms with E-state index in [-0.39, 0.29) is 5.41 Å². The van der Waals surface area contributed by atoms with E-state index < -0.39 is 0 Å². The van der Waals surface area contributed by atoms with Crippen LogP contribution in [0.3, 0.4) is 0 Å². The van der Waals surface area contributed by atoms with Gasteiger partial charge in [0.15, 0.2) is 0 Å². The molecule has 2 heteroatoms. The van der Waals surface area contributed by atoms with Crippen molar-refractivity contribution in [3.63, 3.8) is 0 Å². The first-order valence-electron chi connectivity index (χ1n) is 5.94. The monoisotopic (exact) mass is 236 g/mol. The molecule has 0 radical (unpaired) electrons. The molecule has 1 aliphatic heterocycles. The van der Waals surface area contributed by atoms with Gasteiger partial charge in [-0.3, -0.25) is 0 Å². The molecular weight excluding hydrogens is 216 g/mol. The molecule has 88 valence electrons. The van der Waals surface area contributed by atoms with E-state index in [0.29, 0.717) is 5.44 Å². The Morgan fingerprint density at radius 3 is 2.38 bits per heavy atom. The molecule has 1 unspecified atom stereocenters. The molecule has 1 saturated heterocycles. The Kier molecular flexibility index (Phi) is 3.48. The lowest BCUT2D eigenvalue weighted by molar-refractivity contribution is 0.284. The average molecular weight is 236 g/mol. The molecule has 1 aromatic carbocycles. The van der Waals surface area contributed by atoms with Crippen LogP contribution in [0.1, 0.15) is 39.2 Å². The van der Waals surface area contributed by atoms with Gasteiger partial charge in [-0.1, -0.05) is 32.9 Å². The van der Waals surface area contributed by atoms with E-state index in [1.54, 1.807) is 0 Å².